The van der Waals surface area contributed by atoms with Crippen LogP contribution >= 0.6 is 15.9 Å². The highest BCUT2D eigenvalue weighted by Crippen LogP contribution is 2.47. The van der Waals surface area contributed by atoms with Crippen molar-refractivity contribution in [3.8, 4) is 0 Å². The van der Waals surface area contributed by atoms with Crippen LogP contribution in [0.5, 0.6) is 0 Å². The predicted molar refractivity (Wildman–Crippen MR) is 77.6 cm³/mol. The maximum atomic E-state index is 12.2. The molecule has 2 N–H and O–H groups in total. The maximum Gasteiger partial charge on any atom is 0.240 e. The predicted octanol–water partition coefficient (Wildman–Crippen LogP) is 2.47. The summed E-state index contributed by atoms with van der Waals surface area (Å²) in [5.74, 6) is -0.474. The molecule has 0 aromatic heterocycles. The number of rotatable bonds is 5. The third-order valence-corrected chi connectivity index (χ3v) is 3.84. The molecule has 100 valence electrons. The van der Waals surface area contributed by atoms with E-state index >= 15 is 0 Å². The lowest BCUT2D eigenvalue weighted by atomic mass is 10.1. The maximum absolute atomic E-state index is 12.2. The molecule has 0 unspecified atom stereocenters. The number of benzene rings is 1. The van der Waals surface area contributed by atoms with Gasteiger partial charge in [-0.3, -0.25) is 9.59 Å². The minimum absolute atomic E-state index is 0.225. The van der Waals surface area contributed by atoms with Gasteiger partial charge in [0.15, 0.2) is 0 Å². The molecule has 4 nitrogen and oxygen atoms in total. The van der Waals surface area contributed by atoms with E-state index < -0.39 is 5.41 Å². The van der Waals surface area contributed by atoms with Crippen molar-refractivity contribution in [3.05, 3.63) is 41.4 Å². The van der Waals surface area contributed by atoms with Gasteiger partial charge in [0.1, 0.15) is 5.41 Å². The third-order valence-electron chi connectivity index (χ3n) is 3.15. The Balaban J connectivity index is 2.06. The molecule has 5 heteroatoms. The molecule has 19 heavy (non-hydrogen) atoms. The number of hydrogen-bond donors (Lipinski definition) is 2. The van der Waals surface area contributed by atoms with Crippen LogP contribution in [0.15, 0.2) is 41.4 Å². The molecule has 0 radical (unpaired) electrons. The fourth-order valence-corrected chi connectivity index (χ4v) is 2.20. The van der Waals surface area contributed by atoms with Crippen LogP contribution in [0.3, 0.4) is 0 Å². The van der Waals surface area contributed by atoms with Gasteiger partial charge >= 0.3 is 0 Å². The van der Waals surface area contributed by atoms with Gasteiger partial charge in [-0.25, -0.2) is 0 Å². The zero-order valence-corrected chi connectivity index (χ0v) is 12.0. The van der Waals surface area contributed by atoms with E-state index in [1.54, 1.807) is 12.1 Å². The summed E-state index contributed by atoms with van der Waals surface area (Å²) in [7, 11) is 0. The van der Waals surface area contributed by atoms with Crippen LogP contribution in [-0.4, -0.2) is 18.4 Å². The van der Waals surface area contributed by atoms with E-state index in [1.165, 1.54) is 0 Å². The summed E-state index contributed by atoms with van der Waals surface area (Å²) in [5, 5.41) is 5.48. The molecule has 0 bridgehead atoms. The molecule has 1 fully saturated rings. The summed E-state index contributed by atoms with van der Waals surface area (Å²) in [6.45, 7) is 3.92. The quantitative estimate of drug-likeness (QED) is 0.646. The van der Waals surface area contributed by atoms with E-state index in [2.05, 4.69) is 33.1 Å². The second-order valence-corrected chi connectivity index (χ2v) is 5.37. The van der Waals surface area contributed by atoms with Crippen LogP contribution in [0.25, 0.3) is 0 Å². The average molecular weight is 323 g/mol. The van der Waals surface area contributed by atoms with Crippen LogP contribution in [0.1, 0.15) is 12.8 Å². The molecule has 0 aliphatic heterocycles. The number of hydrogen-bond acceptors (Lipinski definition) is 2. The van der Waals surface area contributed by atoms with E-state index in [0.29, 0.717) is 25.1 Å². The normalized spacial score (nSPS) is 15.4. The topological polar surface area (TPSA) is 58.2 Å². The Bertz CT molecular complexity index is 524. The Morgan fingerprint density at radius 2 is 2.00 bits per heavy atom. The largest absolute Gasteiger partial charge is 0.352 e. The second-order valence-electron chi connectivity index (χ2n) is 4.51. The van der Waals surface area contributed by atoms with Gasteiger partial charge in [0.05, 0.1) is 5.69 Å². The van der Waals surface area contributed by atoms with Gasteiger partial charge in [-0.15, -0.1) is 6.58 Å². The minimum atomic E-state index is -0.904. The molecule has 1 aromatic carbocycles. The summed E-state index contributed by atoms with van der Waals surface area (Å²) in [6, 6.07) is 7.33. The molecule has 0 atom stereocenters. The van der Waals surface area contributed by atoms with Gasteiger partial charge in [0.2, 0.25) is 11.8 Å². The van der Waals surface area contributed by atoms with Gasteiger partial charge in [-0.1, -0.05) is 18.2 Å². The first-order valence-electron chi connectivity index (χ1n) is 6.05. The van der Waals surface area contributed by atoms with Crippen LogP contribution in [0, 0.1) is 5.41 Å². The van der Waals surface area contributed by atoms with Crippen molar-refractivity contribution in [1.82, 2.24) is 5.32 Å². The van der Waals surface area contributed by atoms with E-state index in [-0.39, 0.29) is 11.8 Å². The summed E-state index contributed by atoms with van der Waals surface area (Å²) in [5.41, 5.74) is -0.228. The highest BCUT2D eigenvalue weighted by atomic mass is 79.9. The van der Waals surface area contributed by atoms with Crippen molar-refractivity contribution in [1.29, 1.82) is 0 Å². The van der Waals surface area contributed by atoms with Crippen LogP contribution in [0.2, 0.25) is 0 Å². The number of para-hydroxylation sites is 1. The lowest BCUT2D eigenvalue weighted by Gasteiger charge is -2.15. The van der Waals surface area contributed by atoms with E-state index in [4.69, 9.17) is 0 Å². The van der Waals surface area contributed by atoms with Crippen molar-refractivity contribution in [3.63, 3.8) is 0 Å². The molecule has 1 aromatic rings. The van der Waals surface area contributed by atoms with Crippen LogP contribution < -0.4 is 10.6 Å². The standard InChI is InChI=1S/C14H15BrN2O2/c1-2-9-16-12(18)14(7-8-14)13(19)17-11-6-4-3-5-10(11)15/h2-6H,1,7-9H2,(H,16,18)(H,17,19). The van der Waals surface area contributed by atoms with Crippen molar-refractivity contribution in [2.24, 2.45) is 5.41 Å². The number of amides is 2. The SMILES string of the molecule is C=CCNC(=O)C1(C(=O)Nc2ccccc2Br)CC1. The molecule has 2 amide bonds. The van der Waals surface area contributed by atoms with Crippen molar-refractivity contribution < 1.29 is 9.59 Å². The highest BCUT2D eigenvalue weighted by Gasteiger charge is 2.56. The van der Waals surface area contributed by atoms with Gasteiger partial charge in [0.25, 0.3) is 0 Å². The first-order valence-corrected chi connectivity index (χ1v) is 6.84. The lowest BCUT2D eigenvalue weighted by Crippen LogP contribution is -2.40. The monoisotopic (exact) mass is 322 g/mol. The number of halogens is 1. The van der Waals surface area contributed by atoms with Gasteiger partial charge < -0.3 is 10.6 Å². The van der Waals surface area contributed by atoms with E-state index in [1.807, 2.05) is 18.2 Å². The van der Waals surface area contributed by atoms with Gasteiger partial charge in [-0.05, 0) is 40.9 Å². The first kappa shape index (κ1) is 13.8. The second kappa shape index (κ2) is 5.57. The molecule has 0 spiro atoms. The highest BCUT2D eigenvalue weighted by molar-refractivity contribution is 9.10. The summed E-state index contributed by atoms with van der Waals surface area (Å²) in [6.07, 6.45) is 2.78. The Morgan fingerprint density at radius 3 is 2.58 bits per heavy atom. The zero-order valence-electron chi connectivity index (χ0n) is 10.4. The molecule has 1 saturated carbocycles. The number of carbonyl (C=O) groups is 2. The van der Waals surface area contributed by atoms with Crippen LogP contribution in [0.4, 0.5) is 5.69 Å². The van der Waals surface area contributed by atoms with Crippen molar-refractivity contribution in [2.45, 2.75) is 12.8 Å². The Kier molecular flexibility index (Phi) is 4.04. The molecular weight excluding hydrogens is 308 g/mol. The molecule has 2 rings (SSSR count). The fourth-order valence-electron chi connectivity index (χ4n) is 1.82. The molecule has 1 aliphatic carbocycles. The molecule has 0 heterocycles. The summed E-state index contributed by atoms with van der Waals surface area (Å²) < 4.78 is 0.797. The van der Waals surface area contributed by atoms with Crippen LogP contribution in [-0.2, 0) is 9.59 Å². The number of nitrogens with one attached hydrogen (secondary N) is 2. The lowest BCUT2D eigenvalue weighted by molar-refractivity contribution is -0.134. The third kappa shape index (κ3) is 2.87. The Labute approximate surface area is 120 Å². The fraction of sp³-hybridized carbons (Fsp3) is 0.286. The summed E-state index contributed by atoms with van der Waals surface area (Å²) in [4.78, 5) is 24.2. The smallest absolute Gasteiger partial charge is 0.240 e. The average Bonchev–Trinajstić information content (AvgIpc) is 3.20. The van der Waals surface area contributed by atoms with E-state index in [9.17, 15) is 9.59 Å². The van der Waals surface area contributed by atoms with Gasteiger partial charge in [0, 0.05) is 11.0 Å². The van der Waals surface area contributed by atoms with Crippen molar-refractivity contribution in [2.75, 3.05) is 11.9 Å². The summed E-state index contributed by atoms with van der Waals surface area (Å²) >= 11 is 3.36. The van der Waals surface area contributed by atoms with E-state index in [0.717, 1.165) is 4.47 Å². The first-order chi connectivity index (χ1) is 9.10. The molecule has 1 aliphatic rings. The number of anilines is 1. The molecule has 0 saturated heterocycles. The molecular formula is C14H15BrN2O2. The Hall–Kier alpha value is -1.62. The van der Waals surface area contributed by atoms with Crippen molar-refractivity contribution >= 4 is 33.4 Å². The minimum Gasteiger partial charge on any atom is -0.352 e. The Morgan fingerprint density at radius 1 is 1.32 bits per heavy atom. The zero-order chi connectivity index (χ0) is 13.9. The van der Waals surface area contributed by atoms with Gasteiger partial charge in [-0.2, -0.15) is 0 Å². The number of carbonyl (C=O) groups excluding carboxylic acids is 2.